The Morgan fingerprint density at radius 2 is 1.80 bits per heavy atom. The van der Waals surface area contributed by atoms with E-state index in [2.05, 4.69) is 10.3 Å². The molecule has 1 unspecified atom stereocenters. The van der Waals surface area contributed by atoms with Crippen molar-refractivity contribution >= 4 is 51.7 Å². The maximum Gasteiger partial charge on any atom is 0.238 e. The van der Waals surface area contributed by atoms with Crippen LogP contribution in [0, 0.1) is 5.82 Å². The first-order valence-corrected chi connectivity index (χ1v) is 12.2. The number of carbonyl (C=O) groups is 2. The highest BCUT2D eigenvalue weighted by molar-refractivity contribution is 8.15. The maximum atomic E-state index is 13.4. The standard InChI is InChI=1S/C26H23ClFN3O3S/c1-34-22-12-2-17(3-13-22)14-15-31-24(32)16-23(25(33)29-20-8-4-18(27)5-9-20)35-26(31)30-21-10-6-19(28)7-11-21/h2-13,23H,14-16H2,1H3,(H,29,33). The third-order valence-electron chi connectivity index (χ3n) is 5.38. The highest BCUT2D eigenvalue weighted by Gasteiger charge is 2.35. The van der Waals surface area contributed by atoms with Gasteiger partial charge < -0.3 is 10.1 Å². The van der Waals surface area contributed by atoms with E-state index in [1.54, 1.807) is 36.3 Å². The number of aliphatic imine (C=N–C) groups is 1. The van der Waals surface area contributed by atoms with Crippen LogP contribution in [0.2, 0.25) is 5.02 Å². The summed E-state index contributed by atoms with van der Waals surface area (Å²) in [4.78, 5) is 32.2. The van der Waals surface area contributed by atoms with Gasteiger partial charge in [0.2, 0.25) is 11.8 Å². The van der Waals surface area contributed by atoms with Crippen molar-refractivity contribution in [2.45, 2.75) is 18.1 Å². The number of carbonyl (C=O) groups excluding carboxylic acids is 2. The van der Waals surface area contributed by atoms with Crippen molar-refractivity contribution in [2.24, 2.45) is 4.99 Å². The van der Waals surface area contributed by atoms with Crippen molar-refractivity contribution in [3.63, 3.8) is 0 Å². The van der Waals surface area contributed by atoms with Gasteiger partial charge in [-0.2, -0.15) is 0 Å². The summed E-state index contributed by atoms with van der Waals surface area (Å²) in [6, 6.07) is 20.1. The van der Waals surface area contributed by atoms with Gasteiger partial charge >= 0.3 is 0 Å². The van der Waals surface area contributed by atoms with Crippen LogP contribution < -0.4 is 10.1 Å². The van der Waals surface area contributed by atoms with Gasteiger partial charge in [0.15, 0.2) is 5.17 Å². The summed E-state index contributed by atoms with van der Waals surface area (Å²) in [5.74, 6) is -0.119. The average molecular weight is 512 g/mol. The van der Waals surface area contributed by atoms with Crippen molar-refractivity contribution in [3.8, 4) is 5.75 Å². The number of rotatable bonds is 7. The van der Waals surface area contributed by atoms with Gasteiger partial charge in [-0.25, -0.2) is 9.38 Å². The van der Waals surface area contributed by atoms with Gasteiger partial charge in [-0.1, -0.05) is 35.5 Å². The Balaban J connectivity index is 1.53. The number of halogens is 2. The molecule has 1 fully saturated rings. The zero-order valence-corrected chi connectivity index (χ0v) is 20.5. The molecular formula is C26H23ClFN3O3S. The van der Waals surface area contributed by atoms with Crippen LogP contribution in [0.1, 0.15) is 12.0 Å². The molecule has 0 saturated carbocycles. The van der Waals surface area contributed by atoms with Crippen molar-refractivity contribution < 1.29 is 18.7 Å². The highest BCUT2D eigenvalue weighted by atomic mass is 35.5. The van der Waals surface area contributed by atoms with Gasteiger partial charge in [-0.15, -0.1) is 0 Å². The van der Waals surface area contributed by atoms with Crippen molar-refractivity contribution in [1.82, 2.24) is 4.90 Å². The van der Waals surface area contributed by atoms with Gasteiger partial charge in [0.05, 0.1) is 12.8 Å². The molecule has 1 aliphatic heterocycles. The molecule has 9 heteroatoms. The Morgan fingerprint density at radius 1 is 1.11 bits per heavy atom. The number of methoxy groups -OCH3 is 1. The van der Waals surface area contributed by atoms with Crippen LogP contribution in [0.25, 0.3) is 0 Å². The minimum absolute atomic E-state index is 0.0368. The zero-order chi connectivity index (χ0) is 24.8. The lowest BCUT2D eigenvalue weighted by atomic mass is 10.1. The predicted molar refractivity (Wildman–Crippen MR) is 138 cm³/mol. The fourth-order valence-corrected chi connectivity index (χ4v) is 4.73. The van der Waals surface area contributed by atoms with Crippen LogP contribution in [0.15, 0.2) is 77.8 Å². The van der Waals surface area contributed by atoms with Crippen LogP contribution in [0.5, 0.6) is 5.75 Å². The molecule has 1 saturated heterocycles. The SMILES string of the molecule is COc1ccc(CCN2C(=O)CC(C(=O)Nc3ccc(Cl)cc3)SC2=Nc2ccc(F)cc2)cc1. The summed E-state index contributed by atoms with van der Waals surface area (Å²) in [5, 5.41) is 3.13. The lowest BCUT2D eigenvalue weighted by Gasteiger charge is -2.32. The number of thioether (sulfide) groups is 1. The topological polar surface area (TPSA) is 71.0 Å². The Hall–Kier alpha value is -3.36. The van der Waals surface area contributed by atoms with E-state index in [0.717, 1.165) is 11.3 Å². The summed E-state index contributed by atoms with van der Waals surface area (Å²) >= 11 is 7.13. The van der Waals surface area contributed by atoms with E-state index < -0.39 is 5.25 Å². The van der Waals surface area contributed by atoms with E-state index in [1.807, 2.05) is 24.3 Å². The number of nitrogens with zero attached hydrogens (tertiary/aromatic N) is 2. The van der Waals surface area contributed by atoms with Crippen molar-refractivity contribution in [1.29, 1.82) is 0 Å². The lowest BCUT2D eigenvalue weighted by Crippen LogP contribution is -2.46. The number of ether oxygens (including phenoxy) is 1. The van der Waals surface area contributed by atoms with E-state index in [0.29, 0.717) is 34.5 Å². The molecule has 1 heterocycles. The van der Waals surface area contributed by atoms with Crippen LogP contribution >= 0.6 is 23.4 Å². The largest absolute Gasteiger partial charge is 0.497 e. The van der Waals surface area contributed by atoms with Crippen LogP contribution in [0.3, 0.4) is 0 Å². The molecule has 4 rings (SSSR count). The average Bonchev–Trinajstić information content (AvgIpc) is 2.86. The molecule has 35 heavy (non-hydrogen) atoms. The monoisotopic (exact) mass is 511 g/mol. The molecule has 2 amide bonds. The number of nitrogens with one attached hydrogen (secondary N) is 1. The molecule has 3 aromatic carbocycles. The Labute approximate surface area is 212 Å². The molecular weight excluding hydrogens is 489 g/mol. The number of amides is 2. The molecule has 0 radical (unpaired) electrons. The molecule has 0 aliphatic carbocycles. The minimum Gasteiger partial charge on any atom is -0.497 e. The second-order valence-electron chi connectivity index (χ2n) is 7.82. The normalized spacial score (nSPS) is 16.9. The smallest absolute Gasteiger partial charge is 0.238 e. The number of anilines is 1. The van der Waals surface area contributed by atoms with E-state index in [-0.39, 0.29) is 24.1 Å². The first kappa shape index (κ1) is 24.8. The number of amidine groups is 1. The summed E-state index contributed by atoms with van der Waals surface area (Å²) in [5.41, 5.74) is 2.12. The molecule has 6 nitrogen and oxygen atoms in total. The zero-order valence-electron chi connectivity index (χ0n) is 18.9. The summed E-state index contributed by atoms with van der Waals surface area (Å²) in [7, 11) is 1.61. The maximum absolute atomic E-state index is 13.4. The van der Waals surface area contributed by atoms with Gasteiger partial charge in [0, 0.05) is 23.7 Å². The van der Waals surface area contributed by atoms with E-state index in [1.165, 1.54) is 36.0 Å². The summed E-state index contributed by atoms with van der Waals surface area (Å²) in [6.07, 6.45) is 0.634. The molecule has 0 spiro atoms. The van der Waals surface area contributed by atoms with Crippen molar-refractivity contribution in [2.75, 3.05) is 19.0 Å². The lowest BCUT2D eigenvalue weighted by molar-refractivity contribution is -0.129. The second kappa shape index (κ2) is 11.4. The van der Waals surface area contributed by atoms with E-state index >= 15 is 0 Å². The quantitative estimate of drug-likeness (QED) is 0.442. The van der Waals surface area contributed by atoms with Crippen LogP contribution in [0.4, 0.5) is 15.8 Å². The highest BCUT2D eigenvalue weighted by Crippen LogP contribution is 2.30. The Morgan fingerprint density at radius 3 is 2.46 bits per heavy atom. The fraction of sp³-hybridized carbons (Fsp3) is 0.192. The Bertz CT molecular complexity index is 1220. The third-order valence-corrected chi connectivity index (χ3v) is 6.82. The molecule has 3 aromatic rings. The molecule has 1 atom stereocenters. The third kappa shape index (κ3) is 6.61. The molecule has 180 valence electrons. The molecule has 0 aromatic heterocycles. The van der Waals surface area contributed by atoms with Gasteiger partial charge in [-0.3, -0.25) is 14.5 Å². The van der Waals surface area contributed by atoms with E-state index in [4.69, 9.17) is 16.3 Å². The second-order valence-corrected chi connectivity index (χ2v) is 9.43. The summed E-state index contributed by atoms with van der Waals surface area (Å²) < 4.78 is 18.6. The Kier molecular flexibility index (Phi) is 8.05. The first-order valence-electron chi connectivity index (χ1n) is 10.9. The first-order chi connectivity index (χ1) is 16.9. The van der Waals surface area contributed by atoms with Gasteiger partial charge in [0.25, 0.3) is 0 Å². The predicted octanol–water partition coefficient (Wildman–Crippen LogP) is 5.69. The van der Waals surface area contributed by atoms with Crippen molar-refractivity contribution in [3.05, 3.63) is 89.2 Å². The van der Waals surface area contributed by atoms with Crippen LogP contribution in [-0.2, 0) is 16.0 Å². The van der Waals surface area contributed by atoms with Gasteiger partial charge in [-0.05, 0) is 72.6 Å². The number of benzene rings is 3. The van der Waals surface area contributed by atoms with E-state index in [9.17, 15) is 14.0 Å². The molecule has 1 N–H and O–H groups in total. The van der Waals surface area contributed by atoms with Crippen LogP contribution in [-0.4, -0.2) is 40.8 Å². The van der Waals surface area contributed by atoms with Gasteiger partial charge in [0.1, 0.15) is 16.8 Å². The fourth-order valence-electron chi connectivity index (χ4n) is 3.48. The number of hydrogen-bond donors (Lipinski definition) is 1. The molecule has 1 aliphatic rings. The summed E-state index contributed by atoms with van der Waals surface area (Å²) in [6.45, 7) is 0.393. The number of hydrogen-bond acceptors (Lipinski definition) is 5. The minimum atomic E-state index is -0.658. The molecule has 0 bridgehead atoms.